The summed E-state index contributed by atoms with van der Waals surface area (Å²) in [6, 6.07) is 5.61. The molecule has 0 aromatic carbocycles. The molecule has 0 fully saturated rings. The van der Waals surface area contributed by atoms with Crippen LogP contribution in [-0.2, 0) is 16.1 Å². The molecule has 4 nitrogen and oxygen atoms in total. The van der Waals surface area contributed by atoms with Crippen LogP contribution in [0, 0.1) is 0 Å². The SMILES string of the molecule is CCOC(=O)/C(=C/c1cccs1)N1Cc2sccc2C1=O. The Hall–Kier alpha value is -1.92. The van der Waals surface area contributed by atoms with Gasteiger partial charge in [0.15, 0.2) is 0 Å². The van der Waals surface area contributed by atoms with Gasteiger partial charge in [-0.25, -0.2) is 4.79 Å². The highest BCUT2D eigenvalue weighted by Crippen LogP contribution is 2.31. The van der Waals surface area contributed by atoms with E-state index < -0.39 is 5.97 Å². The quantitative estimate of drug-likeness (QED) is 0.641. The van der Waals surface area contributed by atoms with Crippen molar-refractivity contribution in [3.63, 3.8) is 0 Å². The molecule has 0 saturated heterocycles. The summed E-state index contributed by atoms with van der Waals surface area (Å²) in [6.45, 7) is 2.47. The molecule has 0 unspecified atom stereocenters. The lowest BCUT2D eigenvalue weighted by molar-refractivity contribution is -0.139. The zero-order valence-electron chi connectivity index (χ0n) is 11.4. The predicted molar refractivity (Wildman–Crippen MR) is 83.1 cm³/mol. The third-order valence-corrected chi connectivity index (χ3v) is 4.85. The first-order valence-electron chi connectivity index (χ1n) is 6.51. The van der Waals surface area contributed by atoms with Gasteiger partial charge in [-0.05, 0) is 35.9 Å². The predicted octanol–water partition coefficient (Wildman–Crippen LogP) is 3.37. The van der Waals surface area contributed by atoms with Gasteiger partial charge in [0.1, 0.15) is 5.70 Å². The molecule has 0 aliphatic carbocycles. The molecule has 108 valence electrons. The van der Waals surface area contributed by atoms with Gasteiger partial charge in [-0.1, -0.05) is 6.07 Å². The summed E-state index contributed by atoms with van der Waals surface area (Å²) in [5, 5.41) is 3.82. The van der Waals surface area contributed by atoms with Crippen molar-refractivity contribution >= 4 is 40.6 Å². The van der Waals surface area contributed by atoms with Crippen molar-refractivity contribution in [2.75, 3.05) is 6.61 Å². The van der Waals surface area contributed by atoms with Gasteiger partial charge in [0.25, 0.3) is 5.91 Å². The van der Waals surface area contributed by atoms with E-state index in [1.807, 2.05) is 22.9 Å². The number of ether oxygens (including phenoxy) is 1. The molecule has 21 heavy (non-hydrogen) atoms. The van der Waals surface area contributed by atoms with Crippen LogP contribution in [-0.4, -0.2) is 23.4 Å². The van der Waals surface area contributed by atoms with Crippen LogP contribution in [0.1, 0.15) is 27.0 Å². The average molecular weight is 319 g/mol. The summed E-state index contributed by atoms with van der Waals surface area (Å²) in [4.78, 5) is 28.0. The lowest BCUT2D eigenvalue weighted by Crippen LogP contribution is -2.29. The van der Waals surface area contributed by atoms with Crippen LogP contribution in [0.5, 0.6) is 0 Å². The number of thiophene rings is 2. The second kappa shape index (κ2) is 5.83. The molecule has 0 N–H and O–H groups in total. The minimum atomic E-state index is -0.464. The smallest absolute Gasteiger partial charge is 0.355 e. The van der Waals surface area contributed by atoms with Crippen LogP contribution in [0.15, 0.2) is 34.7 Å². The lowest BCUT2D eigenvalue weighted by atomic mass is 10.3. The van der Waals surface area contributed by atoms with Crippen molar-refractivity contribution in [1.29, 1.82) is 0 Å². The van der Waals surface area contributed by atoms with Gasteiger partial charge in [0.05, 0.1) is 18.7 Å². The summed E-state index contributed by atoms with van der Waals surface area (Å²) in [7, 11) is 0. The number of carbonyl (C=O) groups is 2. The van der Waals surface area contributed by atoms with E-state index in [9.17, 15) is 9.59 Å². The van der Waals surface area contributed by atoms with E-state index in [0.717, 1.165) is 9.75 Å². The Labute approximate surface area is 130 Å². The number of esters is 1. The fourth-order valence-electron chi connectivity index (χ4n) is 2.17. The second-order valence-corrected chi connectivity index (χ2v) is 6.39. The van der Waals surface area contributed by atoms with Gasteiger partial charge in [0, 0.05) is 9.75 Å². The molecule has 0 atom stereocenters. The maximum Gasteiger partial charge on any atom is 0.355 e. The summed E-state index contributed by atoms with van der Waals surface area (Å²) in [6.07, 6.45) is 1.72. The van der Waals surface area contributed by atoms with Gasteiger partial charge in [-0.3, -0.25) is 9.69 Å². The fourth-order valence-corrected chi connectivity index (χ4v) is 3.67. The van der Waals surface area contributed by atoms with Crippen molar-refractivity contribution in [3.8, 4) is 0 Å². The molecular weight excluding hydrogens is 306 g/mol. The topological polar surface area (TPSA) is 46.6 Å². The Kier molecular flexibility index (Phi) is 3.90. The number of hydrogen-bond acceptors (Lipinski definition) is 5. The van der Waals surface area contributed by atoms with Crippen molar-refractivity contribution in [2.24, 2.45) is 0 Å². The minimum absolute atomic E-state index is 0.137. The zero-order chi connectivity index (χ0) is 14.8. The molecule has 0 spiro atoms. The standard InChI is InChI=1S/C15H13NO3S2/c1-2-19-15(18)12(8-10-4-3-6-20-10)16-9-13-11(14(16)17)5-7-21-13/h3-8H,2,9H2,1H3/b12-8-. The first kappa shape index (κ1) is 14.0. The summed E-state index contributed by atoms with van der Waals surface area (Å²) < 4.78 is 5.10. The zero-order valence-corrected chi connectivity index (χ0v) is 13.0. The molecule has 1 aliphatic rings. The number of amides is 1. The van der Waals surface area contributed by atoms with E-state index in [4.69, 9.17) is 4.74 Å². The van der Waals surface area contributed by atoms with Gasteiger partial charge >= 0.3 is 5.97 Å². The van der Waals surface area contributed by atoms with E-state index in [2.05, 4.69) is 0 Å². The van der Waals surface area contributed by atoms with Gasteiger partial charge in [-0.2, -0.15) is 0 Å². The molecule has 1 aliphatic heterocycles. The van der Waals surface area contributed by atoms with Crippen LogP contribution in [0.2, 0.25) is 0 Å². The third-order valence-electron chi connectivity index (χ3n) is 3.12. The van der Waals surface area contributed by atoms with Crippen LogP contribution < -0.4 is 0 Å². The van der Waals surface area contributed by atoms with Crippen LogP contribution in [0.25, 0.3) is 6.08 Å². The molecule has 3 heterocycles. The minimum Gasteiger partial charge on any atom is -0.461 e. The number of nitrogens with zero attached hydrogens (tertiary/aromatic N) is 1. The first-order valence-corrected chi connectivity index (χ1v) is 8.27. The number of rotatable bonds is 4. The number of carbonyl (C=O) groups excluding carboxylic acids is 2. The third kappa shape index (κ3) is 2.64. The van der Waals surface area contributed by atoms with Crippen LogP contribution in [0.4, 0.5) is 0 Å². The highest BCUT2D eigenvalue weighted by Gasteiger charge is 2.34. The molecule has 1 amide bonds. The van der Waals surface area contributed by atoms with Gasteiger partial charge in [0.2, 0.25) is 0 Å². The van der Waals surface area contributed by atoms with Crippen molar-refractivity contribution in [3.05, 3.63) is 50.0 Å². The molecule has 2 aromatic rings. The second-order valence-electron chi connectivity index (χ2n) is 4.41. The van der Waals surface area contributed by atoms with Gasteiger partial charge in [-0.15, -0.1) is 22.7 Å². The average Bonchev–Trinajstić information content (AvgIpc) is 3.16. The fraction of sp³-hybridized carbons (Fsp3) is 0.200. The van der Waals surface area contributed by atoms with Gasteiger partial charge < -0.3 is 4.74 Å². The maximum atomic E-state index is 12.4. The number of hydrogen-bond donors (Lipinski definition) is 0. The molecule has 3 rings (SSSR count). The Bertz CT molecular complexity index is 700. The molecular formula is C15H13NO3S2. The highest BCUT2D eigenvalue weighted by atomic mass is 32.1. The molecule has 0 saturated carbocycles. The summed E-state index contributed by atoms with van der Waals surface area (Å²) >= 11 is 3.04. The van der Waals surface area contributed by atoms with E-state index in [0.29, 0.717) is 17.8 Å². The Morgan fingerprint density at radius 1 is 1.38 bits per heavy atom. The van der Waals surface area contributed by atoms with Crippen LogP contribution >= 0.6 is 22.7 Å². The van der Waals surface area contributed by atoms with E-state index >= 15 is 0 Å². The van der Waals surface area contributed by atoms with Crippen LogP contribution in [0.3, 0.4) is 0 Å². The van der Waals surface area contributed by atoms with E-state index in [-0.39, 0.29) is 12.5 Å². The highest BCUT2D eigenvalue weighted by molar-refractivity contribution is 7.11. The van der Waals surface area contributed by atoms with Crippen molar-refractivity contribution in [1.82, 2.24) is 4.90 Å². The maximum absolute atomic E-state index is 12.4. The normalized spacial score (nSPS) is 14.4. The monoisotopic (exact) mass is 319 g/mol. The number of fused-ring (bicyclic) bond motifs is 1. The summed E-state index contributed by atoms with van der Waals surface area (Å²) in [5.74, 6) is -0.600. The lowest BCUT2D eigenvalue weighted by Gasteiger charge is -2.18. The first-order chi connectivity index (χ1) is 10.2. The molecule has 0 bridgehead atoms. The van der Waals surface area contributed by atoms with Crippen molar-refractivity contribution < 1.29 is 14.3 Å². The Morgan fingerprint density at radius 2 is 2.24 bits per heavy atom. The largest absolute Gasteiger partial charge is 0.461 e. The Balaban J connectivity index is 1.95. The molecule has 0 radical (unpaired) electrons. The van der Waals surface area contributed by atoms with Crippen molar-refractivity contribution in [2.45, 2.75) is 13.5 Å². The van der Waals surface area contributed by atoms with E-state index in [1.54, 1.807) is 19.1 Å². The molecule has 2 aromatic heterocycles. The molecule has 6 heteroatoms. The summed E-state index contributed by atoms with van der Waals surface area (Å²) in [5.41, 5.74) is 0.981. The van der Waals surface area contributed by atoms with E-state index in [1.165, 1.54) is 27.6 Å². The Morgan fingerprint density at radius 3 is 2.90 bits per heavy atom.